The van der Waals surface area contributed by atoms with Gasteiger partial charge in [0.05, 0.1) is 0 Å². The average Bonchev–Trinajstić information content (AvgIpc) is 3.01. The molecule has 0 saturated carbocycles. The number of fused-ring (bicyclic) bond motifs is 2. The van der Waals surface area contributed by atoms with E-state index in [1.54, 1.807) is 24.5 Å². The fourth-order valence-corrected chi connectivity index (χ4v) is 4.86. The van der Waals surface area contributed by atoms with Crippen LogP contribution in [0.4, 0.5) is 8.78 Å². The topological polar surface area (TPSA) is 36.4 Å². The molecule has 2 aliphatic rings. The van der Waals surface area contributed by atoms with Crippen molar-refractivity contribution in [2.75, 3.05) is 13.1 Å². The van der Waals surface area contributed by atoms with Gasteiger partial charge in [-0.15, -0.1) is 0 Å². The highest BCUT2D eigenvalue weighted by molar-refractivity contribution is 5.94. The van der Waals surface area contributed by atoms with E-state index in [0.29, 0.717) is 36.3 Å². The van der Waals surface area contributed by atoms with Crippen LogP contribution in [0.1, 0.15) is 28.8 Å². The second-order valence-electron chi connectivity index (χ2n) is 8.33. The Bertz CT molecular complexity index is 1090. The summed E-state index contributed by atoms with van der Waals surface area (Å²) in [6, 6.07) is 15.6. The van der Waals surface area contributed by atoms with E-state index < -0.39 is 11.6 Å². The van der Waals surface area contributed by atoms with Gasteiger partial charge in [-0.05, 0) is 54.3 Å². The molecule has 2 unspecified atom stereocenters. The molecule has 0 radical (unpaired) electrons. The number of hydrogen-bond donors (Lipinski definition) is 0. The molecule has 2 bridgehead atoms. The highest BCUT2D eigenvalue weighted by Crippen LogP contribution is 2.33. The fraction of sp³-hybridized carbons (Fsp3) is 0.280. The SMILES string of the molecule is O=C(c1ccncc1)N1CC2CCC(C1)N2Cc1cccc(-c2ccc(F)cc2F)c1. The van der Waals surface area contributed by atoms with Crippen molar-refractivity contribution in [2.24, 2.45) is 0 Å². The largest absolute Gasteiger partial charge is 0.336 e. The summed E-state index contributed by atoms with van der Waals surface area (Å²) in [7, 11) is 0. The maximum atomic E-state index is 14.2. The molecule has 6 heteroatoms. The van der Waals surface area contributed by atoms with Gasteiger partial charge >= 0.3 is 0 Å². The van der Waals surface area contributed by atoms with Gasteiger partial charge in [-0.3, -0.25) is 14.7 Å². The lowest BCUT2D eigenvalue weighted by molar-refractivity contribution is 0.0423. The van der Waals surface area contributed by atoms with Crippen molar-refractivity contribution in [1.82, 2.24) is 14.8 Å². The van der Waals surface area contributed by atoms with Gasteiger partial charge in [0.25, 0.3) is 5.91 Å². The second kappa shape index (κ2) is 8.19. The van der Waals surface area contributed by atoms with Crippen molar-refractivity contribution in [2.45, 2.75) is 31.5 Å². The monoisotopic (exact) mass is 419 g/mol. The Hall–Kier alpha value is -3.12. The Kier molecular flexibility index (Phi) is 5.24. The van der Waals surface area contributed by atoms with Crippen LogP contribution in [-0.2, 0) is 6.54 Å². The van der Waals surface area contributed by atoms with Crippen LogP contribution >= 0.6 is 0 Å². The minimum atomic E-state index is -0.576. The molecule has 2 atom stereocenters. The number of likely N-dealkylation sites (tertiary alicyclic amines) is 1. The van der Waals surface area contributed by atoms with E-state index in [4.69, 9.17) is 0 Å². The van der Waals surface area contributed by atoms with Crippen molar-refractivity contribution in [1.29, 1.82) is 0 Å². The molecule has 2 saturated heterocycles. The average molecular weight is 419 g/mol. The minimum absolute atomic E-state index is 0.0627. The number of halogens is 2. The molecule has 3 aromatic rings. The number of carbonyl (C=O) groups is 1. The third-order valence-corrected chi connectivity index (χ3v) is 6.38. The van der Waals surface area contributed by atoms with E-state index in [1.807, 2.05) is 29.2 Å². The first-order chi connectivity index (χ1) is 15.1. The molecule has 0 N–H and O–H groups in total. The molecular weight excluding hydrogens is 396 g/mol. The van der Waals surface area contributed by atoms with Gasteiger partial charge in [-0.25, -0.2) is 8.78 Å². The molecule has 0 spiro atoms. The number of amides is 1. The zero-order chi connectivity index (χ0) is 21.4. The standard InChI is InChI=1S/C25H23F2N3O/c26-20-4-7-23(24(27)13-20)19-3-1-2-17(12-19)14-30-21-5-6-22(30)16-29(15-21)25(31)18-8-10-28-11-9-18/h1-4,7-13,21-22H,5-6,14-16H2. The Morgan fingerprint density at radius 3 is 2.42 bits per heavy atom. The van der Waals surface area contributed by atoms with Gasteiger partial charge in [0, 0.05) is 61.3 Å². The number of carbonyl (C=O) groups excluding carboxylic acids is 1. The van der Waals surface area contributed by atoms with Crippen LogP contribution in [0, 0.1) is 11.6 Å². The smallest absolute Gasteiger partial charge is 0.254 e. The molecule has 158 valence electrons. The van der Waals surface area contributed by atoms with Gasteiger partial charge in [0.15, 0.2) is 0 Å². The van der Waals surface area contributed by atoms with Crippen LogP contribution in [0.3, 0.4) is 0 Å². The lowest BCUT2D eigenvalue weighted by Crippen LogP contribution is -2.54. The van der Waals surface area contributed by atoms with Crippen LogP contribution in [0.5, 0.6) is 0 Å². The summed E-state index contributed by atoms with van der Waals surface area (Å²) in [5.74, 6) is -1.07. The Labute approximate surface area is 180 Å². The molecule has 1 amide bonds. The Morgan fingerprint density at radius 1 is 0.968 bits per heavy atom. The molecule has 31 heavy (non-hydrogen) atoms. The molecule has 1 aromatic heterocycles. The third kappa shape index (κ3) is 3.95. The summed E-state index contributed by atoms with van der Waals surface area (Å²) in [5.41, 5.74) is 2.91. The van der Waals surface area contributed by atoms with Crippen molar-refractivity contribution in [3.8, 4) is 11.1 Å². The van der Waals surface area contributed by atoms with Crippen LogP contribution in [0.25, 0.3) is 11.1 Å². The number of nitrogens with zero attached hydrogens (tertiary/aromatic N) is 3. The highest BCUT2D eigenvalue weighted by Gasteiger charge is 2.41. The molecular formula is C25H23F2N3O. The summed E-state index contributed by atoms with van der Waals surface area (Å²) in [4.78, 5) is 21.3. The van der Waals surface area contributed by atoms with E-state index in [2.05, 4.69) is 9.88 Å². The first-order valence-electron chi connectivity index (χ1n) is 10.6. The first kappa shape index (κ1) is 19.8. The van der Waals surface area contributed by atoms with Crippen molar-refractivity contribution in [3.05, 3.63) is 89.8 Å². The van der Waals surface area contributed by atoms with Crippen molar-refractivity contribution in [3.63, 3.8) is 0 Å². The summed E-state index contributed by atoms with van der Waals surface area (Å²) >= 11 is 0. The highest BCUT2D eigenvalue weighted by atomic mass is 19.1. The molecule has 2 aromatic carbocycles. The molecule has 3 heterocycles. The van der Waals surface area contributed by atoms with Gasteiger partial charge in [-0.1, -0.05) is 18.2 Å². The zero-order valence-corrected chi connectivity index (χ0v) is 17.0. The first-order valence-corrected chi connectivity index (χ1v) is 10.6. The van der Waals surface area contributed by atoms with Gasteiger partial charge in [0.2, 0.25) is 0 Å². The Balaban J connectivity index is 1.31. The van der Waals surface area contributed by atoms with Gasteiger partial charge < -0.3 is 4.90 Å². The number of aromatic nitrogens is 1. The lowest BCUT2D eigenvalue weighted by atomic mass is 10.0. The lowest BCUT2D eigenvalue weighted by Gasteiger charge is -2.41. The summed E-state index contributed by atoms with van der Waals surface area (Å²) in [5, 5.41) is 0. The summed E-state index contributed by atoms with van der Waals surface area (Å²) in [6.07, 6.45) is 5.43. The number of piperazine rings is 1. The maximum Gasteiger partial charge on any atom is 0.254 e. The quantitative estimate of drug-likeness (QED) is 0.624. The predicted molar refractivity (Wildman–Crippen MR) is 114 cm³/mol. The molecule has 2 fully saturated rings. The summed E-state index contributed by atoms with van der Waals surface area (Å²) in [6.45, 7) is 2.18. The van der Waals surface area contributed by atoms with Crippen molar-refractivity contribution < 1.29 is 13.6 Å². The minimum Gasteiger partial charge on any atom is -0.336 e. The van der Waals surface area contributed by atoms with Crippen LogP contribution < -0.4 is 0 Å². The van der Waals surface area contributed by atoms with E-state index >= 15 is 0 Å². The maximum absolute atomic E-state index is 14.2. The van der Waals surface area contributed by atoms with Crippen molar-refractivity contribution >= 4 is 5.91 Å². The van der Waals surface area contributed by atoms with E-state index in [9.17, 15) is 13.6 Å². The van der Waals surface area contributed by atoms with Gasteiger partial charge in [0.1, 0.15) is 11.6 Å². The van der Waals surface area contributed by atoms with E-state index in [1.165, 1.54) is 12.1 Å². The molecule has 0 aliphatic carbocycles. The number of rotatable bonds is 4. The van der Waals surface area contributed by atoms with Crippen LogP contribution in [0.15, 0.2) is 67.0 Å². The number of pyridine rings is 1. The zero-order valence-electron chi connectivity index (χ0n) is 17.0. The molecule has 5 rings (SSSR count). The van der Waals surface area contributed by atoms with E-state index in [-0.39, 0.29) is 5.91 Å². The molecule has 4 nitrogen and oxygen atoms in total. The summed E-state index contributed by atoms with van der Waals surface area (Å²) < 4.78 is 27.5. The fourth-order valence-electron chi connectivity index (χ4n) is 4.86. The normalized spacial score (nSPS) is 20.8. The van der Waals surface area contributed by atoms with Crippen LogP contribution in [0.2, 0.25) is 0 Å². The Morgan fingerprint density at radius 2 is 1.71 bits per heavy atom. The number of benzene rings is 2. The predicted octanol–water partition coefficient (Wildman–Crippen LogP) is 4.52. The van der Waals surface area contributed by atoms with Gasteiger partial charge in [-0.2, -0.15) is 0 Å². The number of hydrogen-bond acceptors (Lipinski definition) is 3. The third-order valence-electron chi connectivity index (χ3n) is 6.38. The van der Waals surface area contributed by atoms with E-state index in [0.717, 1.165) is 36.6 Å². The second-order valence-corrected chi connectivity index (χ2v) is 8.33. The van der Waals surface area contributed by atoms with Crippen LogP contribution in [-0.4, -0.2) is 45.9 Å². The molecule has 2 aliphatic heterocycles.